The van der Waals surface area contributed by atoms with Crippen LogP contribution in [-0.4, -0.2) is 47.4 Å². The third-order valence-electron chi connectivity index (χ3n) is 7.13. The second kappa shape index (κ2) is 11.9. The lowest BCUT2D eigenvalue weighted by atomic mass is 10.00. The van der Waals surface area contributed by atoms with Crippen molar-refractivity contribution >= 4 is 23.2 Å². The number of hydrogen-bond donors (Lipinski definition) is 0. The summed E-state index contributed by atoms with van der Waals surface area (Å²) in [5.41, 5.74) is 2.60. The van der Waals surface area contributed by atoms with E-state index in [1.807, 2.05) is 30.9 Å². The summed E-state index contributed by atoms with van der Waals surface area (Å²) in [6.45, 7) is 9.03. The predicted molar refractivity (Wildman–Crippen MR) is 146 cm³/mol. The van der Waals surface area contributed by atoms with E-state index in [0.29, 0.717) is 25.5 Å². The number of nitrogens with zero attached hydrogens (tertiary/aromatic N) is 2. The number of rotatable bonds is 9. The van der Waals surface area contributed by atoms with Gasteiger partial charge >= 0.3 is 0 Å². The lowest BCUT2D eigenvalue weighted by Crippen LogP contribution is -2.49. The molecule has 0 aliphatic carbocycles. The summed E-state index contributed by atoms with van der Waals surface area (Å²) in [7, 11) is 0. The van der Waals surface area contributed by atoms with E-state index >= 15 is 0 Å². The van der Waals surface area contributed by atoms with Gasteiger partial charge in [0.2, 0.25) is 5.91 Å². The van der Waals surface area contributed by atoms with Crippen molar-refractivity contribution in [1.82, 2.24) is 9.80 Å². The van der Waals surface area contributed by atoms with Crippen LogP contribution in [0.5, 0.6) is 5.75 Å². The van der Waals surface area contributed by atoms with Crippen LogP contribution in [0.4, 0.5) is 4.39 Å². The maximum atomic E-state index is 13.8. The average molecular weight is 523 g/mol. The smallest absolute Gasteiger partial charge is 0.254 e. The number of thiophene rings is 1. The van der Waals surface area contributed by atoms with Crippen molar-refractivity contribution in [2.75, 3.05) is 19.7 Å². The van der Waals surface area contributed by atoms with Gasteiger partial charge in [-0.15, -0.1) is 11.3 Å². The van der Waals surface area contributed by atoms with Crippen molar-refractivity contribution in [3.8, 4) is 5.75 Å². The van der Waals surface area contributed by atoms with E-state index in [-0.39, 0.29) is 36.0 Å². The van der Waals surface area contributed by atoms with Gasteiger partial charge in [-0.05, 0) is 78.6 Å². The Kier molecular flexibility index (Phi) is 8.64. The molecular weight excluding hydrogens is 487 g/mol. The monoisotopic (exact) mass is 522 g/mol. The SMILES string of the molecule is CC[C@@H](C)N(CC(=O)N1CCc2sccc2[C@@H]1COc1ccc(C(C)C)cc1)C(=O)c1cccc(F)c1. The summed E-state index contributed by atoms with van der Waals surface area (Å²) in [5, 5.41) is 2.06. The number of amides is 2. The van der Waals surface area contributed by atoms with Gasteiger partial charge in [0.15, 0.2) is 0 Å². The standard InChI is InChI=1S/C30H35FN2O3S/c1-5-21(4)33(30(35)23-7-6-8-24(31)17-23)18-29(34)32-15-13-28-26(14-16-37-28)27(32)19-36-25-11-9-22(10-12-25)20(2)3/h6-12,14,16-17,20-21,27H,5,13,15,18-19H2,1-4H3/t21-,27+/m1/s1. The van der Waals surface area contributed by atoms with E-state index in [1.54, 1.807) is 22.3 Å². The number of ether oxygens (including phenoxy) is 1. The molecule has 1 aliphatic heterocycles. The van der Waals surface area contributed by atoms with Crippen LogP contribution in [0.3, 0.4) is 0 Å². The molecule has 0 bridgehead atoms. The fourth-order valence-electron chi connectivity index (χ4n) is 4.67. The van der Waals surface area contributed by atoms with E-state index in [1.165, 1.54) is 28.6 Å². The van der Waals surface area contributed by atoms with Gasteiger partial charge in [0.1, 0.15) is 24.7 Å². The molecule has 0 saturated carbocycles. The minimum Gasteiger partial charge on any atom is -0.491 e. The van der Waals surface area contributed by atoms with Gasteiger partial charge < -0.3 is 14.5 Å². The first kappa shape index (κ1) is 26.9. The van der Waals surface area contributed by atoms with Crippen molar-refractivity contribution < 1.29 is 18.7 Å². The Morgan fingerprint density at radius 1 is 1.14 bits per heavy atom. The maximum absolute atomic E-state index is 13.8. The summed E-state index contributed by atoms with van der Waals surface area (Å²) in [4.78, 5) is 31.7. The zero-order valence-electron chi connectivity index (χ0n) is 21.9. The van der Waals surface area contributed by atoms with E-state index in [4.69, 9.17) is 4.74 Å². The van der Waals surface area contributed by atoms with E-state index in [2.05, 4.69) is 37.4 Å². The molecule has 0 saturated heterocycles. The lowest BCUT2D eigenvalue weighted by molar-refractivity contribution is -0.136. The number of benzene rings is 2. The highest BCUT2D eigenvalue weighted by Crippen LogP contribution is 2.34. The average Bonchev–Trinajstić information content (AvgIpc) is 3.39. The maximum Gasteiger partial charge on any atom is 0.254 e. The van der Waals surface area contributed by atoms with Crippen LogP contribution >= 0.6 is 11.3 Å². The molecule has 196 valence electrons. The Labute approximate surface area is 222 Å². The Bertz CT molecular complexity index is 1220. The molecule has 37 heavy (non-hydrogen) atoms. The summed E-state index contributed by atoms with van der Waals surface area (Å²) >= 11 is 1.70. The van der Waals surface area contributed by atoms with Crippen molar-refractivity contribution in [3.63, 3.8) is 0 Å². The van der Waals surface area contributed by atoms with Crippen LogP contribution in [0.1, 0.15) is 72.4 Å². The van der Waals surface area contributed by atoms with Gasteiger partial charge in [-0.2, -0.15) is 0 Å². The Balaban J connectivity index is 1.53. The fraction of sp³-hybridized carbons (Fsp3) is 0.400. The lowest BCUT2D eigenvalue weighted by Gasteiger charge is -2.38. The molecule has 5 nitrogen and oxygen atoms in total. The van der Waals surface area contributed by atoms with Gasteiger partial charge in [-0.1, -0.05) is 39.0 Å². The third-order valence-corrected chi connectivity index (χ3v) is 8.13. The fourth-order valence-corrected chi connectivity index (χ4v) is 5.60. The molecule has 2 atom stereocenters. The van der Waals surface area contributed by atoms with E-state index in [0.717, 1.165) is 17.7 Å². The van der Waals surface area contributed by atoms with Crippen LogP contribution < -0.4 is 4.74 Å². The quantitative estimate of drug-likeness (QED) is 0.324. The molecule has 2 heterocycles. The molecule has 0 unspecified atom stereocenters. The topological polar surface area (TPSA) is 49.9 Å². The van der Waals surface area contributed by atoms with Gasteiger partial charge in [0.25, 0.3) is 5.91 Å². The summed E-state index contributed by atoms with van der Waals surface area (Å²) in [5.74, 6) is 0.263. The third kappa shape index (κ3) is 6.21. The number of carbonyl (C=O) groups excluding carboxylic acids is 2. The summed E-state index contributed by atoms with van der Waals surface area (Å²) < 4.78 is 20.0. The summed E-state index contributed by atoms with van der Waals surface area (Å²) in [6, 6.07) is 15.4. The first-order valence-electron chi connectivity index (χ1n) is 12.9. The second-order valence-corrected chi connectivity index (χ2v) is 10.9. The molecule has 0 N–H and O–H groups in total. The molecule has 0 radical (unpaired) electrons. The van der Waals surface area contributed by atoms with E-state index in [9.17, 15) is 14.0 Å². The highest BCUT2D eigenvalue weighted by Gasteiger charge is 2.34. The normalized spacial score (nSPS) is 15.8. The van der Waals surface area contributed by atoms with Crippen molar-refractivity contribution in [3.05, 3.63) is 87.4 Å². The minimum atomic E-state index is -0.471. The summed E-state index contributed by atoms with van der Waals surface area (Å²) in [6.07, 6.45) is 1.46. The molecule has 7 heteroatoms. The Morgan fingerprint density at radius 3 is 2.57 bits per heavy atom. The molecule has 2 aromatic carbocycles. The number of carbonyl (C=O) groups is 2. The van der Waals surface area contributed by atoms with Crippen LogP contribution in [0.2, 0.25) is 0 Å². The van der Waals surface area contributed by atoms with Gasteiger partial charge in [-0.25, -0.2) is 4.39 Å². The molecule has 1 aromatic heterocycles. The largest absolute Gasteiger partial charge is 0.491 e. The Morgan fingerprint density at radius 2 is 1.89 bits per heavy atom. The van der Waals surface area contributed by atoms with Crippen molar-refractivity contribution in [2.45, 2.75) is 58.5 Å². The molecule has 2 amide bonds. The first-order chi connectivity index (χ1) is 17.8. The molecule has 0 fully saturated rings. The highest BCUT2D eigenvalue weighted by molar-refractivity contribution is 7.10. The van der Waals surface area contributed by atoms with Crippen LogP contribution in [0.25, 0.3) is 0 Å². The van der Waals surface area contributed by atoms with E-state index < -0.39 is 5.82 Å². The minimum absolute atomic E-state index is 0.0661. The van der Waals surface area contributed by atoms with Crippen LogP contribution in [0, 0.1) is 5.82 Å². The zero-order valence-corrected chi connectivity index (χ0v) is 22.8. The number of halogens is 1. The van der Waals surface area contributed by atoms with Crippen LogP contribution in [-0.2, 0) is 11.2 Å². The zero-order chi connectivity index (χ0) is 26.5. The van der Waals surface area contributed by atoms with Crippen LogP contribution in [0.15, 0.2) is 60.0 Å². The molecular formula is C30H35FN2O3S. The van der Waals surface area contributed by atoms with Gasteiger partial charge in [0.05, 0.1) is 6.04 Å². The van der Waals surface area contributed by atoms with Gasteiger partial charge in [-0.3, -0.25) is 9.59 Å². The second-order valence-electron chi connectivity index (χ2n) is 9.89. The highest BCUT2D eigenvalue weighted by atomic mass is 32.1. The number of hydrogen-bond acceptors (Lipinski definition) is 4. The first-order valence-corrected chi connectivity index (χ1v) is 13.8. The van der Waals surface area contributed by atoms with Gasteiger partial charge in [0, 0.05) is 23.0 Å². The predicted octanol–water partition coefficient (Wildman–Crippen LogP) is 6.46. The molecule has 1 aliphatic rings. The van der Waals surface area contributed by atoms with Crippen molar-refractivity contribution in [2.24, 2.45) is 0 Å². The molecule has 4 rings (SSSR count). The molecule has 0 spiro atoms. The Hall–Kier alpha value is -3.19. The van der Waals surface area contributed by atoms with Crippen molar-refractivity contribution in [1.29, 1.82) is 0 Å². The molecule has 3 aromatic rings. The number of fused-ring (bicyclic) bond motifs is 1.